The van der Waals surface area contributed by atoms with Crippen LogP contribution in [0.4, 0.5) is 9.18 Å². The molecular formula is C14H20FN3O2. The molecule has 0 aromatic heterocycles. The van der Waals surface area contributed by atoms with Crippen molar-refractivity contribution in [3.05, 3.63) is 35.6 Å². The standard InChI is InChI=1S/C14H20FN3O2/c1-3-16-13(19)10(2)18-14(20)17-9-8-11-4-6-12(15)7-5-11/h4-7,10H,3,8-9H2,1-2H3,(H,16,19)(H2,17,18,20)/t10-/m1/s1. The molecule has 3 N–H and O–H groups in total. The fourth-order valence-corrected chi connectivity index (χ4v) is 1.61. The lowest BCUT2D eigenvalue weighted by Gasteiger charge is -2.14. The number of halogens is 1. The van der Waals surface area contributed by atoms with Gasteiger partial charge < -0.3 is 16.0 Å². The maximum absolute atomic E-state index is 12.7. The molecule has 0 aliphatic carbocycles. The van der Waals surface area contributed by atoms with Crippen molar-refractivity contribution in [2.24, 2.45) is 0 Å². The Balaban J connectivity index is 2.26. The first kappa shape index (κ1) is 15.9. The highest BCUT2D eigenvalue weighted by Gasteiger charge is 2.13. The molecule has 1 atom stereocenters. The summed E-state index contributed by atoms with van der Waals surface area (Å²) in [6, 6.07) is 5.13. The van der Waals surface area contributed by atoms with Crippen LogP contribution in [0.1, 0.15) is 19.4 Å². The van der Waals surface area contributed by atoms with Gasteiger partial charge in [-0.1, -0.05) is 12.1 Å². The third-order valence-electron chi connectivity index (χ3n) is 2.70. The van der Waals surface area contributed by atoms with Gasteiger partial charge in [-0.2, -0.15) is 0 Å². The molecular weight excluding hydrogens is 261 g/mol. The van der Waals surface area contributed by atoms with Gasteiger partial charge in [0.2, 0.25) is 5.91 Å². The topological polar surface area (TPSA) is 70.2 Å². The van der Waals surface area contributed by atoms with E-state index >= 15 is 0 Å². The molecule has 0 aliphatic rings. The first-order valence-electron chi connectivity index (χ1n) is 6.59. The minimum atomic E-state index is -0.583. The Kier molecular flexibility index (Phi) is 6.49. The Labute approximate surface area is 117 Å². The molecule has 0 unspecified atom stereocenters. The number of benzene rings is 1. The molecule has 0 saturated heterocycles. The van der Waals surface area contributed by atoms with Crippen LogP contribution in [0.2, 0.25) is 0 Å². The lowest BCUT2D eigenvalue weighted by atomic mass is 10.1. The second-order valence-corrected chi connectivity index (χ2v) is 4.39. The van der Waals surface area contributed by atoms with E-state index in [4.69, 9.17) is 0 Å². The van der Waals surface area contributed by atoms with Crippen molar-refractivity contribution in [1.82, 2.24) is 16.0 Å². The van der Waals surface area contributed by atoms with Crippen LogP contribution in [0.15, 0.2) is 24.3 Å². The fourth-order valence-electron chi connectivity index (χ4n) is 1.61. The van der Waals surface area contributed by atoms with Crippen molar-refractivity contribution < 1.29 is 14.0 Å². The molecule has 0 fully saturated rings. The monoisotopic (exact) mass is 281 g/mol. The van der Waals surface area contributed by atoms with Crippen molar-refractivity contribution >= 4 is 11.9 Å². The zero-order valence-electron chi connectivity index (χ0n) is 11.7. The molecule has 1 rings (SSSR count). The van der Waals surface area contributed by atoms with Crippen LogP contribution in [0, 0.1) is 5.82 Å². The van der Waals surface area contributed by atoms with Gasteiger partial charge in [-0.15, -0.1) is 0 Å². The van der Waals surface area contributed by atoms with Crippen LogP contribution in [0.5, 0.6) is 0 Å². The third kappa shape index (κ3) is 5.69. The number of carbonyl (C=O) groups is 2. The van der Waals surface area contributed by atoms with Crippen LogP contribution < -0.4 is 16.0 Å². The van der Waals surface area contributed by atoms with Crippen molar-refractivity contribution in [2.45, 2.75) is 26.3 Å². The number of urea groups is 1. The number of hydrogen-bond acceptors (Lipinski definition) is 2. The van der Waals surface area contributed by atoms with Gasteiger partial charge >= 0.3 is 6.03 Å². The fraction of sp³-hybridized carbons (Fsp3) is 0.429. The SMILES string of the molecule is CCNC(=O)[C@@H](C)NC(=O)NCCc1ccc(F)cc1. The summed E-state index contributed by atoms with van der Waals surface area (Å²) in [5, 5.41) is 7.81. The maximum atomic E-state index is 12.7. The van der Waals surface area contributed by atoms with E-state index in [0.717, 1.165) is 5.56 Å². The Bertz CT molecular complexity index is 448. The van der Waals surface area contributed by atoms with E-state index in [9.17, 15) is 14.0 Å². The molecule has 3 amide bonds. The first-order chi connectivity index (χ1) is 9.52. The third-order valence-corrected chi connectivity index (χ3v) is 2.70. The second-order valence-electron chi connectivity index (χ2n) is 4.39. The van der Waals surface area contributed by atoms with Gasteiger partial charge in [0.05, 0.1) is 0 Å². The minimum absolute atomic E-state index is 0.221. The summed E-state index contributed by atoms with van der Waals surface area (Å²) in [5.74, 6) is -0.503. The Morgan fingerprint density at radius 2 is 1.85 bits per heavy atom. The first-order valence-corrected chi connectivity index (χ1v) is 6.59. The Morgan fingerprint density at radius 1 is 1.20 bits per heavy atom. The number of nitrogens with one attached hydrogen (secondary N) is 3. The quantitative estimate of drug-likeness (QED) is 0.733. The molecule has 0 saturated carbocycles. The number of carbonyl (C=O) groups excluding carboxylic acids is 2. The van der Waals surface area contributed by atoms with Gasteiger partial charge in [0.25, 0.3) is 0 Å². The average molecular weight is 281 g/mol. The zero-order chi connectivity index (χ0) is 15.0. The number of likely N-dealkylation sites (N-methyl/N-ethyl adjacent to an activating group) is 1. The van der Waals surface area contributed by atoms with Crippen LogP contribution >= 0.6 is 0 Å². The van der Waals surface area contributed by atoms with E-state index in [1.807, 2.05) is 6.92 Å². The zero-order valence-corrected chi connectivity index (χ0v) is 11.7. The van der Waals surface area contributed by atoms with E-state index in [1.54, 1.807) is 19.1 Å². The van der Waals surface area contributed by atoms with Crippen molar-refractivity contribution in [3.63, 3.8) is 0 Å². The molecule has 0 spiro atoms. The highest BCUT2D eigenvalue weighted by atomic mass is 19.1. The Morgan fingerprint density at radius 3 is 2.45 bits per heavy atom. The van der Waals surface area contributed by atoms with Crippen LogP contribution in [-0.4, -0.2) is 31.1 Å². The smallest absolute Gasteiger partial charge is 0.315 e. The van der Waals surface area contributed by atoms with Gasteiger partial charge in [-0.3, -0.25) is 4.79 Å². The summed E-state index contributed by atoms with van der Waals surface area (Å²) in [6.45, 7) is 4.37. The van der Waals surface area contributed by atoms with Gasteiger partial charge in [0.15, 0.2) is 0 Å². The molecule has 0 aliphatic heterocycles. The summed E-state index contributed by atoms with van der Waals surface area (Å²) in [7, 11) is 0. The van der Waals surface area contributed by atoms with E-state index in [0.29, 0.717) is 19.5 Å². The van der Waals surface area contributed by atoms with Crippen molar-refractivity contribution in [1.29, 1.82) is 0 Å². The molecule has 6 heteroatoms. The van der Waals surface area contributed by atoms with E-state index in [2.05, 4.69) is 16.0 Å². The Hall–Kier alpha value is -2.11. The number of hydrogen-bond donors (Lipinski definition) is 3. The molecule has 1 aromatic rings. The maximum Gasteiger partial charge on any atom is 0.315 e. The van der Waals surface area contributed by atoms with Gasteiger partial charge in [-0.25, -0.2) is 9.18 Å². The summed E-state index contributed by atoms with van der Waals surface area (Å²) in [5.41, 5.74) is 0.934. The lowest BCUT2D eigenvalue weighted by molar-refractivity contribution is -0.122. The van der Waals surface area contributed by atoms with Crippen LogP contribution in [-0.2, 0) is 11.2 Å². The predicted octanol–water partition coefficient (Wildman–Crippen LogP) is 1.19. The van der Waals surface area contributed by atoms with Gasteiger partial charge in [-0.05, 0) is 38.0 Å². The molecule has 5 nitrogen and oxygen atoms in total. The molecule has 110 valence electrons. The van der Waals surface area contributed by atoms with E-state index in [1.165, 1.54) is 12.1 Å². The molecule has 0 bridgehead atoms. The largest absolute Gasteiger partial charge is 0.355 e. The van der Waals surface area contributed by atoms with Crippen molar-refractivity contribution in [3.8, 4) is 0 Å². The average Bonchev–Trinajstić information content (AvgIpc) is 2.41. The van der Waals surface area contributed by atoms with Gasteiger partial charge in [0.1, 0.15) is 11.9 Å². The van der Waals surface area contributed by atoms with Gasteiger partial charge in [0, 0.05) is 13.1 Å². The van der Waals surface area contributed by atoms with E-state index < -0.39 is 12.1 Å². The normalized spacial score (nSPS) is 11.6. The lowest BCUT2D eigenvalue weighted by Crippen LogP contribution is -2.48. The highest BCUT2D eigenvalue weighted by molar-refractivity contribution is 5.86. The highest BCUT2D eigenvalue weighted by Crippen LogP contribution is 2.02. The van der Waals surface area contributed by atoms with Crippen molar-refractivity contribution in [2.75, 3.05) is 13.1 Å². The summed E-state index contributed by atoms with van der Waals surface area (Å²) < 4.78 is 12.7. The summed E-state index contributed by atoms with van der Waals surface area (Å²) in [4.78, 5) is 23.0. The van der Waals surface area contributed by atoms with E-state index in [-0.39, 0.29) is 11.7 Å². The molecule has 20 heavy (non-hydrogen) atoms. The van der Waals surface area contributed by atoms with Crippen LogP contribution in [0.3, 0.4) is 0 Å². The number of rotatable bonds is 6. The summed E-state index contributed by atoms with van der Waals surface area (Å²) in [6.07, 6.45) is 0.600. The molecule has 1 aromatic carbocycles. The van der Waals surface area contributed by atoms with Crippen LogP contribution in [0.25, 0.3) is 0 Å². The molecule has 0 radical (unpaired) electrons. The summed E-state index contributed by atoms with van der Waals surface area (Å²) >= 11 is 0. The number of amides is 3. The molecule has 0 heterocycles. The minimum Gasteiger partial charge on any atom is -0.355 e. The predicted molar refractivity (Wildman–Crippen MR) is 74.8 cm³/mol. The second kappa shape index (κ2) is 8.14.